The maximum atomic E-state index is 13.3. The molecule has 0 spiro atoms. The molecule has 2 saturated carbocycles. The molecule has 1 heterocycles. The lowest BCUT2D eigenvalue weighted by atomic mass is 9.50. The molecule has 4 nitrogen and oxygen atoms in total. The number of carbonyl (C=O) groups excluding carboxylic acids is 2. The van der Waals surface area contributed by atoms with Crippen LogP contribution in [0, 0.1) is 34.5 Å². The summed E-state index contributed by atoms with van der Waals surface area (Å²) in [6.07, 6.45) is 8.42. The highest BCUT2D eigenvalue weighted by Crippen LogP contribution is 2.64. The Morgan fingerprint density at radius 1 is 1.18 bits per heavy atom. The third kappa shape index (κ3) is 2.55. The SMILES string of the molecule is CCN(CC)C(=O)[C@H]1CC[C@H]2[C@@H]3CNC4=C(C)C(=O)C=C[C@]4(C)[C@H]3CC[C@]12C. The number of fused-ring (bicyclic) bond motifs is 5. The van der Waals surface area contributed by atoms with Gasteiger partial charge in [-0.05, 0) is 75.7 Å². The van der Waals surface area contributed by atoms with Crippen molar-refractivity contribution >= 4 is 11.7 Å². The maximum absolute atomic E-state index is 13.3. The summed E-state index contributed by atoms with van der Waals surface area (Å²) in [6, 6.07) is 0. The van der Waals surface area contributed by atoms with Crippen molar-refractivity contribution in [1.82, 2.24) is 10.2 Å². The molecule has 3 aliphatic carbocycles. The molecule has 4 rings (SSSR count). The predicted octanol–water partition coefficient (Wildman–Crippen LogP) is 3.94. The second-order valence-corrected chi connectivity index (χ2v) is 9.92. The lowest BCUT2D eigenvalue weighted by molar-refractivity contribution is -0.141. The van der Waals surface area contributed by atoms with Crippen molar-refractivity contribution in [3.63, 3.8) is 0 Å². The third-order valence-corrected chi connectivity index (χ3v) is 8.96. The summed E-state index contributed by atoms with van der Waals surface area (Å²) >= 11 is 0. The second-order valence-electron chi connectivity index (χ2n) is 9.92. The van der Waals surface area contributed by atoms with Crippen LogP contribution >= 0.6 is 0 Å². The molecule has 0 aromatic carbocycles. The first-order chi connectivity index (χ1) is 13.3. The fraction of sp³-hybridized carbons (Fsp3) is 0.750. The number of carbonyl (C=O) groups is 2. The number of nitrogens with one attached hydrogen (secondary N) is 1. The van der Waals surface area contributed by atoms with Crippen molar-refractivity contribution in [3.8, 4) is 0 Å². The van der Waals surface area contributed by atoms with E-state index >= 15 is 0 Å². The van der Waals surface area contributed by atoms with Crippen LogP contribution < -0.4 is 5.32 Å². The van der Waals surface area contributed by atoms with Crippen molar-refractivity contribution < 1.29 is 9.59 Å². The number of rotatable bonds is 3. The first-order valence-corrected chi connectivity index (χ1v) is 11.3. The maximum Gasteiger partial charge on any atom is 0.226 e. The van der Waals surface area contributed by atoms with Crippen molar-refractivity contribution in [3.05, 3.63) is 23.4 Å². The Labute approximate surface area is 169 Å². The highest BCUT2D eigenvalue weighted by Gasteiger charge is 2.60. The second kappa shape index (κ2) is 6.74. The van der Waals surface area contributed by atoms with Crippen molar-refractivity contribution in [2.45, 2.75) is 60.3 Å². The zero-order valence-electron chi connectivity index (χ0n) is 18.2. The molecule has 4 heteroatoms. The molecular weight excluding hydrogens is 348 g/mol. The molecule has 3 fully saturated rings. The summed E-state index contributed by atoms with van der Waals surface area (Å²) < 4.78 is 0. The Bertz CT molecular complexity index is 750. The quantitative estimate of drug-likeness (QED) is 0.802. The van der Waals surface area contributed by atoms with Gasteiger partial charge in [-0.15, -0.1) is 0 Å². The van der Waals surface area contributed by atoms with Gasteiger partial charge in [-0.2, -0.15) is 0 Å². The lowest BCUT2D eigenvalue weighted by Crippen LogP contribution is -2.57. The van der Waals surface area contributed by atoms with Crippen LogP contribution in [0.3, 0.4) is 0 Å². The fourth-order valence-electron chi connectivity index (χ4n) is 7.31. The van der Waals surface area contributed by atoms with E-state index in [4.69, 9.17) is 0 Å². The monoisotopic (exact) mass is 384 g/mol. The molecule has 154 valence electrons. The van der Waals surface area contributed by atoms with Crippen molar-refractivity contribution in [1.29, 1.82) is 0 Å². The fourth-order valence-corrected chi connectivity index (χ4v) is 7.31. The van der Waals surface area contributed by atoms with Gasteiger partial charge in [-0.1, -0.05) is 19.9 Å². The van der Waals surface area contributed by atoms with Gasteiger partial charge in [-0.3, -0.25) is 9.59 Å². The largest absolute Gasteiger partial charge is 0.387 e. The van der Waals surface area contributed by atoms with Crippen LogP contribution in [0.1, 0.15) is 60.3 Å². The van der Waals surface area contributed by atoms with Crippen molar-refractivity contribution in [2.24, 2.45) is 34.5 Å². The van der Waals surface area contributed by atoms with Crippen LogP contribution in [0.5, 0.6) is 0 Å². The molecule has 0 bridgehead atoms. The van der Waals surface area contributed by atoms with Gasteiger partial charge in [0.25, 0.3) is 0 Å². The minimum atomic E-state index is -0.0663. The van der Waals surface area contributed by atoms with Crippen LogP contribution in [0.2, 0.25) is 0 Å². The van der Waals surface area contributed by atoms with Crippen molar-refractivity contribution in [2.75, 3.05) is 19.6 Å². The van der Waals surface area contributed by atoms with Crippen LogP contribution in [-0.2, 0) is 9.59 Å². The average Bonchev–Trinajstić information content (AvgIpc) is 3.03. The minimum Gasteiger partial charge on any atom is -0.387 e. The van der Waals surface area contributed by atoms with Gasteiger partial charge in [0.2, 0.25) is 5.91 Å². The molecule has 6 atom stereocenters. The number of hydrogen-bond acceptors (Lipinski definition) is 3. The standard InChI is InChI=1S/C24H36N2O2/c1-6-26(7-2)22(28)19-9-8-17-16-14-25-21-15(3)20(27)11-13-24(21,5)18(16)10-12-23(17,19)4/h11,13,16-19,25H,6-10,12,14H2,1-5H3/t16-,17-,18-,19+,23-,24+/m0/s1. The molecular formula is C24H36N2O2. The highest BCUT2D eigenvalue weighted by atomic mass is 16.2. The molecule has 1 N–H and O–H groups in total. The Morgan fingerprint density at radius 3 is 2.57 bits per heavy atom. The van der Waals surface area contributed by atoms with Crippen LogP contribution in [0.15, 0.2) is 23.4 Å². The van der Waals surface area contributed by atoms with Gasteiger partial charge in [0.1, 0.15) is 0 Å². The Kier molecular flexibility index (Phi) is 4.75. The average molecular weight is 385 g/mol. The summed E-state index contributed by atoms with van der Waals surface area (Å²) in [5.74, 6) is 2.42. The van der Waals surface area contributed by atoms with Crippen LogP contribution in [-0.4, -0.2) is 36.2 Å². The normalized spacial score (nSPS) is 41.8. The van der Waals surface area contributed by atoms with Gasteiger partial charge in [-0.25, -0.2) is 0 Å². The summed E-state index contributed by atoms with van der Waals surface area (Å²) in [7, 11) is 0. The number of allylic oxidation sites excluding steroid dienone is 3. The summed E-state index contributed by atoms with van der Waals surface area (Å²) in [5, 5.41) is 3.67. The van der Waals surface area contributed by atoms with E-state index in [1.54, 1.807) is 6.08 Å². The number of nitrogens with zero attached hydrogens (tertiary/aromatic N) is 1. The minimum absolute atomic E-state index is 0.0663. The Hall–Kier alpha value is -1.58. The smallest absolute Gasteiger partial charge is 0.226 e. The third-order valence-electron chi connectivity index (χ3n) is 8.96. The molecule has 4 aliphatic rings. The predicted molar refractivity (Wildman–Crippen MR) is 111 cm³/mol. The van der Waals surface area contributed by atoms with E-state index in [1.165, 1.54) is 0 Å². The Morgan fingerprint density at radius 2 is 1.89 bits per heavy atom. The van der Waals surface area contributed by atoms with Gasteiger partial charge in [0.15, 0.2) is 5.78 Å². The zero-order chi connectivity index (χ0) is 20.3. The molecule has 0 aromatic heterocycles. The summed E-state index contributed by atoms with van der Waals surface area (Å²) in [6.45, 7) is 13.4. The van der Waals surface area contributed by atoms with E-state index < -0.39 is 0 Å². The van der Waals surface area contributed by atoms with E-state index in [0.29, 0.717) is 23.7 Å². The Balaban J connectivity index is 1.63. The zero-order valence-corrected chi connectivity index (χ0v) is 18.2. The molecule has 1 amide bonds. The topological polar surface area (TPSA) is 49.4 Å². The van der Waals surface area contributed by atoms with Gasteiger partial charge >= 0.3 is 0 Å². The number of piperidine rings is 1. The summed E-state index contributed by atoms with van der Waals surface area (Å²) in [4.78, 5) is 27.5. The molecule has 1 aliphatic heterocycles. The molecule has 0 unspecified atom stereocenters. The van der Waals surface area contributed by atoms with Crippen LogP contribution in [0.25, 0.3) is 0 Å². The van der Waals surface area contributed by atoms with Gasteiger partial charge in [0, 0.05) is 42.2 Å². The van der Waals surface area contributed by atoms with Crippen LogP contribution in [0.4, 0.5) is 0 Å². The number of hydrogen-bond donors (Lipinski definition) is 1. The number of ketones is 1. The van der Waals surface area contributed by atoms with E-state index in [0.717, 1.165) is 56.6 Å². The highest BCUT2D eigenvalue weighted by molar-refractivity contribution is 6.05. The van der Waals surface area contributed by atoms with E-state index in [1.807, 2.05) is 11.8 Å². The van der Waals surface area contributed by atoms with Gasteiger partial charge in [0.05, 0.1) is 0 Å². The van der Waals surface area contributed by atoms with E-state index in [-0.39, 0.29) is 22.5 Å². The lowest BCUT2D eigenvalue weighted by Gasteiger charge is -2.57. The first kappa shape index (κ1) is 19.7. The summed E-state index contributed by atoms with van der Waals surface area (Å²) in [5.41, 5.74) is 2.09. The molecule has 1 saturated heterocycles. The van der Waals surface area contributed by atoms with Gasteiger partial charge < -0.3 is 10.2 Å². The molecule has 28 heavy (non-hydrogen) atoms. The molecule has 0 radical (unpaired) electrons. The molecule has 0 aromatic rings. The van der Waals surface area contributed by atoms with E-state index in [9.17, 15) is 9.59 Å². The first-order valence-electron chi connectivity index (χ1n) is 11.3. The van der Waals surface area contributed by atoms with E-state index in [2.05, 4.69) is 39.1 Å². The number of amides is 1.